The van der Waals surface area contributed by atoms with Gasteiger partial charge in [0, 0.05) is 0 Å². The summed E-state index contributed by atoms with van der Waals surface area (Å²) in [6.45, 7) is 7.57. The van der Waals surface area contributed by atoms with E-state index in [0.29, 0.717) is 0 Å². The number of methoxy groups -OCH3 is 1. The van der Waals surface area contributed by atoms with E-state index in [9.17, 15) is 27.9 Å². The zero-order valence-electron chi connectivity index (χ0n) is 18.8. The predicted molar refractivity (Wildman–Crippen MR) is 110 cm³/mol. The van der Waals surface area contributed by atoms with E-state index in [1.54, 1.807) is 20.8 Å². The smallest absolute Gasteiger partial charge is 0.415 e. The molecule has 0 unspecified atom stereocenters. The van der Waals surface area contributed by atoms with Crippen molar-refractivity contribution in [1.29, 1.82) is 0 Å². The molecule has 32 heavy (non-hydrogen) atoms. The van der Waals surface area contributed by atoms with E-state index in [-0.39, 0.29) is 17.7 Å². The molecule has 0 saturated carbocycles. The Hall–Kier alpha value is -2.59. The van der Waals surface area contributed by atoms with Gasteiger partial charge in [0.2, 0.25) is 0 Å². The third-order valence-electron chi connectivity index (χ3n) is 4.77. The molecule has 1 aromatic rings. The van der Waals surface area contributed by atoms with Gasteiger partial charge in [-0.3, -0.25) is 4.90 Å². The van der Waals surface area contributed by atoms with Gasteiger partial charge in [0.15, 0.2) is 0 Å². The Labute approximate surface area is 184 Å². The summed E-state index contributed by atoms with van der Waals surface area (Å²) >= 11 is 0. The summed E-state index contributed by atoms with van der Waals surface area (Å²) in [6, 6.07) is 3.89. The summed E-state index contributed by atoms with van der Waals surface area (Å²) in [5, 5.41) is 10.7. The maximum Gasteiger partial charge on any atom is 0.415 e. The van der Waals surface area contributed by atoms with Crippen molar-refractivity contribution in [2.45, 2.75) is 64.3 Å². The van der Waals surface area contributed by atoms with Gasteiger partial charge in [-0.2, -0.15) is 13.2 Å². The van der Waals surface area contributed by atoms with Crippen LogP contribution in [0.15, 0.2) is 29.8 Å². The minimum atomic E-state index is -4.90. The van der Waals surface area contributed by atoms with Gasteiger partial charge in [-0.15, -0.1) is 0 Å². The number of aliphatic hydroxyl groups is 1. The third kappa shape index (κ3) is 6.01. The highest BCUT2D eigenvalue weighted by atomic mass is 19.4. The molecule has 0 aliphatic carbocycles. The molecule has 0 bridgehead atoms. The minimum Gasteiger partial charge on any atom is -0.465 e. The number of halogens is 3. The van der Waals surface area contributed by atoms with Crippen molar-refractivity contribution in [2.75, 3.05) is 13.7 Å². The highest BCUT2D eigenvalue weighted by molar-refractivity contribution is 5.89. The standard InChI is InChI=1S/C22H28F3NO6/c1-20(2,3)32-19(29)26-16(12-31-21(26,4)5)17(27)15(22(23,24)25)11-13-7-9-14(10-8-13)18(28)30-6/h7-11,16-17,27H,12H2,1-6H3/b15-11-/t16-,17+/m0/s1. The van der Waals surface area contributed by atoms with Crippen LogP contribution in [0, 0.1) is 0 Å². The normalized spacial score (nSPS) is 20.1. The number of hydrogen-bond acceptors (Lipinski definition) is 6. The molecule has 1 saturated heterocycles. The lowest BCUT2D eigenvalue weighted by Gasteiger charge is -2.37. The summed E-state index contributed by atoms with van der Waals surface area (Å²) in [6.07, 6.45) is -7.13. The largest absolute Gasteiger partial charge is 0.465 e. The molecule has 0 radical (unpaired) electrons. The first-order valence-electron chi connectivity index (χ1n) is 9.88. The van der Waals surface area contributed by atoms with Crippen LogP contribution in [0.5, 0.6) is 0 Å². The highest BCUT2D eigenvalue weighted by Crippen LogP contribution is 2.37. The van der Waals surface area contributed by atoms with Crippen LogP contribution in [0.25, 0.3) is 6.08 Å². The summed E-state index contributed by atoms with van der Waals surface area (Å²) in [4.78, 5) is 25.2. The Morgan fingerprint density at radius 3 is 2.25 bits per heavy atom. The number of alkyl halides is 3. The number of benzene rings is 1. The Morgan fingerprint density at radius 1 is 1.22 bits per heavy atom. The Morgan fingerprint density at radius 2 is 1.78 bits per heavy atom. The van der Waals surface area contributed by atoms with E-state index in [1.807, 2.05) is 0 Å². The van der Waals surface area contributed by atoms with Crippen molar-refractivity contribution in [2.24, 2.45) is 0 Å². The average molecular weight is 459 g/mol. The van der Waals surface area contributed by atoms with Gasteiger partial charge >= 0.3 is 18.2 Å². The fourth-order valence-electron chi connectivity index (χ4n) is 3.29. The number of aliphatic hydroxyl groups excluding tert-OH is 1. The number of ether oxygens (including phenoxy) is 3. The number of carbonyl (C=O) groups is 2. The molecule has 0 spiro atoms. The first-order valence-corrected chi connectivity index (χ1v) is 9.88. The molecule has 1 amide bonds. The van der Waals surface area contributed by atoms with Gasteiger partial charge in [-0.1, -0.05) is 12.1 Å². The molecule has 1 heterocycles. The molecule has 1 aromatic carbocycles. The maximum absolute atomic E-state index is 13.9. The zero-order valence-corrected chi connectivity index (χ0v) is 18.8. The second-order valence-corrected chi connectivity index (χ2v) is 8.83. The average Bonchev–Trinajstić information content (AvgIpc) is 2.98. The second kappa shape index (κ2) is 9.11. The first-order chi connectivity index (χ1) is 14.6. The number of carbonyl (C=O) groups excluding carboxylic acids is 2. The molecule has 1 N–H and O–H groups in total. The summed E-state index contributed by atoms with van der Waals surface area (Å²) in [7, 11) is 1.19. The van der Waals surface area contributed by atoms with Crippen LogP contribution >= 0.6 is 0 Å². The van der Waals surface area contributed by atoms with Crippen molar-refractivity contribution in [3.8, 4) is 0 Å². The summed E-state index contributed by atoms with van der Waals surface area (Å²) in [5.74, 6) is -0.630. The van der Waals surface area contributed by atoms with Crippen LogP contribution in [0.2, 0.25) is 0 Å². The van der Waals surface area contributed by atoms with Gasteiger partial charge < -0.3 is 19.3 Å². The molecule has 178 valence electrons. The lowest BCUT2D eigenvalue weighted by Crippen LogP contribution is -2.54. The minimum absolute atomic E-state index is 0.103. The van der Waals surface area contributed by atoms with E-state index < -0.39 is 47.3 Å². The number of amides is 1. The topological polar surface area (TPSA) is 85.3 Å². The van der Waals surface area contributed by atoms with Crippen molar-refractivity contribution >= 4 is 18.1 Å². The molecule has 1 aliphatic rings. The molecule has 1 fully saturated rings. The molecule has 1 aliphatic heterocycles. The Kier molecular flexibility index (Phi) is 7.31. The van der Waals surface area contributed by atoms with E-state index in [0.717, 1.165) is 11.0 Å². The number of nitrogens with zero attached hydrogens (tertiary/aromatic N) is 1. The van der Waals surface area contributed by atoms with Crippen LogP contribution < -0.4 is 0 Å². The Balaban J connectivity index is 2.41. The van der Waals surface area contributed by atoms with E-state index in [1.165, 1.54) is 45.2 Å². The van der Waals surface area contributed by atoms with Gasteiger partial charge in [0.05, 0.1) is 30.9 Å². The second-order valence-electron chi connectivity index (χ2n) is 8.83. The van der Waals surface area contributed by atoms with Crippen molar-refractivity contribution < 1.29 is 42.1 Å². The first kappa shape index (κ1) is 25.7. The van der Waals surface area contributed by atoms with Crippen LogP contribution in [0.1, 0.15) is 50.5 Å². The fourth-order valence-corrected chi connectivity index (χ4v) is 3.29. The molecule has 2 rings (SSSR count). The van der Waals surface area contributed by atoms with Crippen LogP contribution in [-0.4, -0.2) is 65.4 Å². The van der Waals surface area contributed by atoms with Crippen molar-refractivity contribution in [3.63, 3.8) is 0 Å². The molecule has 10 heteroatoms. The van der Waals surface area contributed by atoms with Crippen molar-refractivity contribution in [1.82, 2.24) is 4.90 Å². The van der Waals surface area contributed by atoms with Crippen LogP contribution in [0.3, 0.4) is 0 Å². The molecule has 0 aromatic heterocycles. The summed E-state index contributed by atoms with van der Waals surface area (Å²) in [5.41, 5.74) is -3.17. The van der Waals surface area contributed by atoms with E-state index in [4.69, 9.17) is 9.47 Å². The monoisotopic (exact) mass is 459 g/mol. The predicted octanol–water partition coefficient (Wildman–Crippen LogP) is 4.15. The van der Waals surface area contributed by atoms with Gasteiger partial charge in [0.25, 0.3) is 0 Å². The van der Waals surface area contributed by atoms with Crippen molar-refractivity contribution in [3.05, 3.63) is 41.0 Å². The lowest BCUT2D eigenvalue weighted by molar-refractivity contribution is -0.111. The van der Waals surface area contributed by atoms with Crippen LogP contribution in [-0.2, 0) is 14.2 Å². The zero-order chi connectivity index (χ0) is 24.5. The fraction of sp³-hybridized carbons (Fsp3) is 0.545. The number of esters is 1. The quantitative estimate of drug-likeness (QED) is 0.681. The lowest BCUT2D eigenvalue weighted by atomic mass is 9.98. The molecule has 2 atom stereocenters. The van der Waals surface area contributed by atoms with Gasteiger partial charge in [0.1, 0.15) is 17.4 Å². The highest BCUT2D eigenvalue weighted by Gasteiger charge is 2.52. The van der Waals surface area contributed by atoms with E-state index >= 15 is 0 Å². The van der Waals surface area contributed by atoms with Gasteiger partial charge in [-0.25, -0.2) is 9.59 Å². The maximum atomic E-state index is 13.9. The number of rotatable bonds is 4. The van der Waals surface area contributed by atoms with Crippen LogP contribution in [0.4, 0.5) is 18.0 Å². The molecular formula is C22H28F3NO6. The molecular weight excluding hydrogens is 431 g/mol. The molecule has 7 nitrogen and oxygen atoms in total. The summed E-state index contributed by atoms with van der Waals surface area (Å²) < 4.78 is 57.1. The number of hydrogen-bond donors (Lipinski definition) is 1. The van der Waals surface area contributed by atoms with E-state index in [2.05, 4.69) is 4.74 Å². The third-order valence-corrected chi connectivity index (χ3v) is 4.77. The Bertz CT molecular complexity index is 871. The SMILES string of the molecule is COC(=O)c1ccc(/C=C(/[C@@H](O)[C@@H]2COC(C)(C)N2C(=O)OC(C)(C)C)C(F)(F)F)cc1. The van der Waals surface area contributed by atoms with Gasteiger partial charge in [-0.05, 0) is 58.4 Å².